The second-order valence-corrected chi connectivity index (χ2v) is 6.26. The lowest BCUT2D eigenvalue weighted by molar-refractivity contribution is 0.596. The van der Waals surface area contributed by atoms with Gasteiger partial charge in [0.15, 0.2) is 15.8 Å². The van der Waals surface area contributed by atoms with E-state index in [1.54, 1.807) is 6.92 Å². The van der Waals surface area contributed by atoms with Gasteiger partial charge >= 0.3 is 0 Å². The molecule has 0 spiro atoms. The molecular weight excluding hydrogens is 214 g/mol. The average molecular weight is 235 g/mol. The third-order valence-corrected chi connectivity index (χ3v) is 3.49. The Morgan fingerprint density at radius 2 is 2.07 bits per heavy atom. The standard InChI is InChI=1S/C9H21N3O2S/c1-4-15(13,14)6-5-11-9(10)12-7-8(2)3/h8H,4-7H2,1-3H3,(H3,10,11,12). The van der Waals surface area contributed by atoms with E-state index < -0.39 is 9.84 Å². The zero-order valence-electron chi connectivity index (χ0n) is 9.66. The van der Waals surface area contributed by atoms with Gasteiger partial charge in [0.1, 0.15) is 0 Å². The highest BCUT2D eigenvalue weighted by atomic mass is 32.2. The predicted molar refractivity (Wildman–Crippen MR) is 63.7 cm³/mol. The first-order valence-electron chi connectivity index (χ1n) is 5.11. The van der Waals surface area contributed by atoms with Crippen LogP contribution < -0.4 is 11.1 Å². The number of rotatable bonds is 6. The SMILES string of the molecule is CCS(=O)(=O)CCNC(N)=NCC(C)C. The van der Waals surface area contributed by atoms with Crippen LogP contribution in [0.4, 0.5) is 0 Å². The molecule has 0 fully saturated rings. The van der Waals surface area contributed by atoms with Gasteiger partial charge in [-0.1, -0.05) is 20.8 Å². The molecule has 0 amide bonds. The fourth-order valence-electron chi connectivity index (χ4n) is 0.816. The molecule has 0 saturated carbocycles. The smallest absolute Gasteiger partial charge is 0.188 e. The second kappa shape index (κ2) is 6.66. The highest BCUT2D eigenvalue weighted by molar-refractivity contribution is 7.91. The number of aliphatic imine (C=N–C) groups is 1. The van der Waals surface area contributed by atoms with Crippen molar-refractivity contribution < 1.29 is 8.42 Å². The fourth-order valence-corrected chi connectivity index (χ4v) is 1.52. The first-order valence-corrected chi connectivity index (χ1v) is 6.93. The van der Waals surface area contributed by atoms with Crippen LogP contribution in [0.5, 0.6) is 0 Å². The molecule has 0 unspecified atom stereocenters. The zero-order valence-corrected chi connectivity index (χ0v) is 10.5. The van der Waals surface area contributed by atoms with Crippen molar-refractivity contribution in [1.29, 1.82) is 0 Å². The van der Waals surface area contributed by atoms with Crippen molar-refractivity contribution in [2.24, 2.45) is 16.6 Å². The predicted octanol–water partition coefficient (Wildman–Crippen LogP) is -0.0186. The highest BCUT2D eigenvalue weighted by Crippen LogP contribution is 1.90. The van der Waals surface area contributed by atoms with E-state index in [2.05, 4.69) is 10.3 Å². The molecule has 0 heterocycles. The third kappa shape index (κ3) is 8.23. The van der Waals surface area contributed by atoms with Crippen LogP contribution in [0.1, 0.15) is 20.8 Å². The van der Waals surface area contributed by atoms with Crippen LogP contribution in [0.3, 0.4) is 0 Å². The Morgan fingerprint density at radius 1 is 1.47 bits per heavy atom. The largest absolute Gasteiger partial charge is 0.370 e. The molecule has 6 heteroatoms. The summed E-state index contributed by atoms with van der Waals surface area (Å²) in [7, 11) is -2.92. The van der Waals surface area contributed by atoms with Crippen LogP contribution >= 0.6 is 0 Å². The summed E-state index contributed by atoms with van der Waals surface area (Å²) >= 11 is 0. The van der Waals surface area contributed by atoms with E-state index in [9.17, 15) is 8.42 Å². The van der Waals surface area contributed by atoms with E-state index in [4.69, 9.17) is 5.73 Å². The van der Waals surface area contributed by atoms with Gasteiger partial charge in [-0.3, -0.25) is 4.99 Å². The summed E-state index contributed by atoms with van der Waals surface area (Å²) in [6, 6.07) is 0. The van der Waals surface area contributed by atoms with Gasteiger partial charge in [-0.2, -0.15) is 0 Å². The van der Waals surface area contributed by atoms with E-state index in [0.29, 0.717) is 25.0 Å². The van der Waals surface area contributed by atoms with Gasteiger partial charge in [-0.15, -0.1) is 0 Å². The maximum absolute atomic E-state index is 11.1. The lowest BCUT2D eigenvalue weighted by atomic mass is 10.2. The minimum Gasteiger partial charge on any atom is -0.370 e. The van der Waals surface area contributed by atoms with E-state index in [0.717, 1.165) is 0 Å². The molecule has 0 bridgehead atoms. The van der Waals surface area contributed by atoms with Gasteiger partial charge in [-0.25, -0.2) is 8.42 Å². The van der Waals surface area contributed by atoms with Crippen molar-refractivity contribution in [3.05, 3.63) is 0 Å². The van der Waals surface area contributed by atoms with Crippen molar-refractivity contribution in [3.63, 3.8) is 0 Å². The van der Waals surface area contributed by atoms with Crippen LogP contribution in [0.25, 0.3) is 0 Å². The monoisotopic (exact) mass is 235 g/mol. The summed E-state index contributed by atoms with van der Waals surface area (Å²) in [5.74, 6) is 1.03. The molecule has 0 aliphatic carbocycles. The fraction of sp³-hybridized carbons (Fsp3) is 0.889. The first kappa shape index (κ1) is 14.2. The van der Waals surface area contributed by atoms with E-state index >= 15 is 0 Å². The Morgan fingerprint density at radius 3 is 2.53 bits per heavy atom. The molecule has 0 aromatic carbocycles. The third-order valence-electron chi connectivity index (χ3n) is 1.79. The minimum absolute atomic E-state index is 0.0986. The maximum atomic E-state index is 11.1. The molecule has 0 aromatic rings. The summed E-state index contributed by atoms with van der Waals surface area (Å²) in [6.07, 6.45) is 0. The van der Waals surface area contributed by atoms with E-state index in [1.165, 1.54) is 0 Å². The number of nitrogens with zero attached hydrogens (tertiary/aromatic N) is 1. The number of nitrogens with one attached hydrogen (secondary N) is 1. The van der Waals surface area contributed by atoms with Crippen molar-refractivity contribution in [2.75, 3.05) is 24.6 Å². The van der Waals surface area contributed by atoms with Crippen molar-refractivity contribution in [2.45, 2.75) is 20.8 Å². The Balaban J connectivity index is 3.82. The Hall–Kier alpha value is -0.780. The summed E-state index contributed by atoms with van der Waals surface area (Å²) in [5.41, 5.74) is 5.54. The van der Waals surface area contributed by atoms with Crippen molar-refractivity contribution in [1.82, 2.24) is 5.32 Å². The van der Waals surface area contributed by atoms with Gasteiger partial charge in [0, 0.05) is 18.8 Å². The zero-order chi connectivity index (χ0) is 11.9. The van der Waals surface area contributed by atoms with Crippen LogP contribution in [-0.2, 0) is 9.84 Å². The van der Waals surface area contributed by atoms with Gasteiger partial charge in [-0.05, 0) is 5.92 Å². The molecule has 0 rings (SSSR count). The lowest BCUT2D eigenvalue weighted by Crippen LogP contribution is -2.35. The van der Waals surface area contributed by atoms with E-state index in [1.807, 2.05) is 13.8 Å². The first-order chi connectivity index (χ1) is 6.87. The Kier molecular flexibility index (Phi) is 6.31. The topological polar surface area (TPSA) is 84.5 Å². The quantitative estimate of drug-likeness (QED) is 0.500. The number of hydrogen-bond donors (Lipinski definition) is 2. The molecule has 0 aromatic heterocycles. The Bertz CT molecular complexity index is 296. The van der Waals surface area contributed by atoms with Gasteiger partial charge < -0.3 is 11.1 Å². The van der Waals surface area contributed by atoms with Crippen molar-refractivity contribution in [3.8, 4) is 0 Å². The highest BCUT2D eigenvalue weighted by Gasteiger charge is 2.06. The van der Waals surface area contributed by atoms with Gasteiger partial charge in [0.05, 0.1) is 5.75 Å². The summed E-state index contributed by atoms with van der Waals surface area (Å²) < 4.78 is 22.3. The molecule has 0 atom stereocenters. The molecule has 3 N–H and O–H groups in total. The molecule has 0 aliphatic heterocycles. The van der Waals surface area contributed by atoms with Crippen LogP contribution in [-0.4, -0.2) is 39.0 Å². The van der Waals surface area contributed by atoms with Crippen LogP contribution in [0, 0.1) is 5.92 Å². The molecule has 90 valence electrons. The number of hydrogen-bond acceptors (Lipinski definition) is 3. The summed E-state index contributed by atoms with van der Waals surface area (Å²) in [4.78, 5) is 4.06. The molecular formula is C9H21N3O2S. The summed E-state index contributed by atoms with van der Waals surface area (Å²) in [6.45, 7) is 6.69. The number of sulfone groups is 1. The van der Waals surface area contributed by atoms with Crippen molar-refractivity contribution >= 4 is 15.8 Å². The van der Waals surface area contributed by atoms with E-state index in [-0.39, 0.29) is 11.5 Å². The van der Waals surface area contributed by atoms with Gasteiger partial charge in [0.25, 0.3) is 0 Å². The normalized spacial score (nSPS) is 13.2. The van der Waals surface area contributed by atoms with Gasteiger partial charge in [0.2, 0.25) is 0 Å². The minimum atomic E-state index is -2.92. The molecule has 0 saturated heterocycles. The average Bonchev–Trinajstić information content (AvgIpc) is 2.14. The molecule has 15 heavy (non-hydrogen) atoms. The Labute approximate surface area is 92.1 Å². The second-order valence-electron chi connectivity index (χ2n) is 3.78. The molecule has 0 radical (unpaired) electrons. The number of nitrogens with two attached hydrogens (primary N) is 1. The van der Waals surface area contributed by atoms with Crippen LogP contribution in [0.15, 0.2) is 4.99 Å². The van der Waals surface area contributed by atoms with Crippen LogP contribution in [0.2, 0.25) is 0 Å². The lowest BCUT2D eigenvalue weighted by Gasteiger charge is -2.06. The maximum Gasteiger partial charge on any atom is 0.188 e. The summed E-state index contributed by atoms with van der Waals surface area (Å²) in [5, 5.41) is 2.78. The number of guanidine groups is 1. The molecule has 5 nitrogen and oxygen atoms in total. The molecule has 0 aliphatic rings.